The van der Waals surface area contributed by atoms with Gasteiger partial charge in [-0.3, -0.25) is 4.79 Å². The molecular formula is C18H18O3S. The lowest BCUT2D eigenvalue weighted by Gasteiger charge is -2.07. The smallest absolute Gasteiger partial charge is 0.189 e. The second-order valence-electron chi connectivity index (χ2n) is 4.54. The topological polar surface area (TPSA) is 35.5 Å². The highest BCUT2D eigenvalue weighted by molar-refractivity contribution is 7.98. The molecule has 0 radical (unpaired) electrons. The molecule has 0 saturated carbocycles. The van der Waals surface area contributed by atoms with Gasteiger partial charge in [0.15, 0.2) is 5.78 Å². The molecule has 2 aromatic carbocycles. The summed E-state index contributed by atoms with van der Waals surface area (Å²) in [5.74, 6) is 1.06. The van der Waals surface area contributed by atoms with Crippen molar-refractivity contribution in [1.29, 1.82) is 0 Å². The number of hydrogen-bond acceptors (Lipinski definition) is 4. The fourth-order valence-corrected chi connectivity index (χ4v) is 2.39. The van der Waals surface area contributed by atoms with Gasteiger partial charge in [0, 0.05) is 11.0 Å². The summed E-state index contributed by atoms with van der Waals surface area (Å²) in [7, 11) is 3.12. The largest absolute Gasteiger partial charge is 0.497 e. The molecule has 0 aliphatic rings. The zero-order valence-corrected chi connectivity index (χ0v) is 13.6. The molecule has 0 aliphatic carbocycles. The van der Waals surface area contributed by atoms with Gasteiger partial charge in [0.2, 0.25) is 0 Å². The molecule has 0 aromatic heterocycles. The van der Waals surface area contributed by atoms with Gasteiger partial charge in [-0.05, 0) is 42.2 Å². The lowest BCUT2D eigenvalue weighted by Crippen LogP contribution is -1.99. The number of rotatable bonds is 6. The van der Waals surface area contributed by atoms with E-state index in [0.29, 0.717) is 17.1 Å². The number of ether oxygens (including phenoxy) is 2. The van der Waals surface area contributed by atoms with Gasteiger partial charge in [0.25, 0.3) is 0 Å². The van der Waals surface area contributed by atoms with Crippen molar-refractivity contribution in [2.75, 3.05) is 20.5 Å². The third-order valence-corrected chi connectivity index (χ3v) is 3.96. The van der Waals surface area contributed by atoms with Gasteiger partial charge in [-0.2, -0.15) is 0 Å². The summed E-state index contributed by atoms with van der Waals surface area (Å²) in [6.45, 7) is 0. The maximum Gasteiger partial charge on any atom is 0.189 e. The van der Waals surface area contributed by atoms with E-state index in [4.69, 9.17) is 9.47 Å². The second-order valence-corrected chi connectivity index (χ2v) is 5.42. The molecule has 4 heteroatoms. The van der Waals surface area contributed by atoms with E-state index in [1.165, 1.54) is 12.0 Å². The Balaban J connectivity index is 2.18. The zero-order chi connectivity index (χ0) is 15.9. The van der Waals surface area contributed by atoms with Crippen LogP contribution in [0.1, 0.15) is 15.9 Å². The van der Waals surface area contributed by atoms with Crippen LogP contribution in [0.4, 0.5) is 0 Å². The molecule has 3 nitrogen and oxygen atoms in total. The maximum absolute atomic E-state index is 12.3. The number of ketones is 1. The van der Waals surface area contributed by atoms with E-state index in [9.17, 15) is 4.79 Å². The molecule has 0 heterocycles. The van der Waals surface area contributed by atoms with Crippen LogP contribution in [0.2, 0.25) is 0 Å². The molecule has 0 N–H and O–H groups in total. The monoisotopic (exact) mass is 314 g/mol. The number of benzene rings is 2. The maximum atomic E-state index is 12.3. The molecule has 0 unspecified atom stereocenters. The minimum absolute atomic E-state index is 0.103. The van der Waals surface area contributed by atoms with Crippen LogP contribution in [0.3, 0.4) is 0 Å². The number of carbonyl (C=O) groups excluding carboxylic acids is 1. The van der Waals surface area contributed by atoms with Gasteiger partial charge in [0.05, 0.1) is 19.8 Å². The lowest BCUT2D eigenvalue weighted by atomic mass is 10.1. The molecule has 114 valence electrons. The van der Waals surface area contributed by atoms with E-state index in [0.717, 1.165) is 5.56 Å². The van der Waals surface area contributed by atoms with Crippen LogP contribution < -0.4 is 9.47 Å². The van der Waals surface area contributed by atoms with Crippen LogP contribution in [-0.2, 0) is 0 Å². The summed E-state index contributed by atoms with van der Waals surface area (Å²) in [5.41, 5.74) is 1.50. The number of allylic oxidation sites excluding steroid dienone is 1. The van der Waals surface area contributed by atoms with Crippen LogP contribution in [0, 0.1) is 0 Å². The van der Waals surface area contributed by atoms with Crippen molar-refractivity contribution < 1.29 is 14.3 Å². The van der Waals surface area contributed by atoms with Crippen molar-refractivity contribution in [3.05, 3.63) is 59.7 Å². The summed E-state index contributed by atoms with van der Waals surface area (Å²) in [6, 6.07) is 13.2. The summed E-state index contributed by atoms with van der Waals surface area (Å²) in [5, 5.41) is 0. The molecule has 0 bridgehead atoms. The van der Waals surface area contributed by atoms with Crippen molar-refractivity contribution >= 4 is 23.6 Å². The number of hydrogen-bond donors (Lipinski definition) is 0. The van der Waals surface area contributed by atoms with Crippen LogP contribution in [0.15, 0.2) is 53.4 Å². The van der Waals surface area contributed by atoms with Crippen molar-refractivity contribution in [2.24, 2.45) is 0 Å². The molecular weight excluding hydrogens is 296 g/mol. The summed E-state index contributed by atoms with van der Waals surface area (Å²) >= 11 is 1.69. The highest BCUT2D eigenvalue weighted by Crippen LogP contribution is 2.25. The SMILES string of the molecule is COc1ccc(C(=O)/C=C/c2ccc(SC)cc2)c(OC)c1. The second kappa shape index (κ2) is 7.71. The first kappa shape index (κ1) is 16.2. The Morgan fingerprint density at radius 1 is 1.05 bits per heavy atom. The van der Waals surface area contributed by atoms with Gasteiger partial charge in [-0.15, -0.1) is 11.8 Å². The Kier molecular flexibility index (Phi) is 5.67. The molecule has 0 amide bonds. The lowest BCUT2D eigenvalue weighted by molar-refractivity contribution is 0.104. The minimum atomic E-state index is -0.103. The molecule has 0 atom stereocenters. The van der Waals surface area contributed by atoms with Crippen LogP contribution in [0.5, 0.6) is 11.5 Å². The Hall–Kier alpha value is -2.20. The molecule has 0 aliphatic heterocycles. The minimum Gasteiger partial charge on any atom is -0.497 e. The Morgan fingerprint density at radius 2 is 1.77 bits per heavy atom. The van der Waals surface area contributed by atoms with Crippen molar-refractivity contribution in [1.82, 2.24) is 0 Å². The van der Waals surface area contributed by atoms with E-state index in [1.54, 1.807) is 49.2 Å². The average Bonchev–Trinajstić information content (AvgIpc) is 2.59. The highest BCUT2D eigenvalue weighted by Gasteiger charge is 2.10. The van der Waals surface area contributed by atoms with Gasteiger partial charge in [0.1, 0.15) is 11.5 Å². The molecule has 22 heavy (non-hydrogen) atoms. The first-order chi connectivity index (χ1) is 10.7. The van der Waals surface area contributed by atoms with E-state index >= 15 is 0 Å². The number of carbonyl (C=O) groups is 1. The highest BCUT2D eigenvalue weighted by atomic mass is 32.2. The van der Waals surface area contributed by atoms with E-state index in [2.05, 4.69) is 0 Å². The third-order valence-electron chi connectivity index (χ3n) is 3.22. The standard InChI is InChI=1S/C18H18O3S/c1-20-14-7-10-16(18(12-14)21-2)17(19)11-6-13-4-8-15(22-3)9-5-13/h4-12H,1-3H3/b11-6+. The Bertz CT molecular complexity index is 675. The molecule has 2 rings (SSSR count). The first-order valence-electron chi connectivity index (χ1n) is 6.76. The van der Waals surface area contributed by atoms with Crippen LogP contribution in [-0.4, -0.2) is 26.3 Å². The fourth-order valence-electron chi connectivity index (χ4n) is 1.98. The van der Waals surface area contributed by atoms with Gasteiger partial charge >= 0.3 is 0 Å². The fraction of sp³-hybridized carbons (Fsp3) is 0.167. The third kappa shape index (κ3) is 3.92. The summed E-state index contributed by atoms with van der Waals surface area (Å²) < 4.78 is 10.4. The summed E-state index contributed by atoms with van der Waals surface area (Å²) in [6.07, 6.45) is 5.39. The average molecular weight is 314 g/mol. The van der Waals surface area contributed by atoms with Crippen LogP contribution >= 0.6 is 11.8 Å². The van der Waals surface area contributed by atoms with Crippen molar-refractivity contribution in [3.8, 4) is 11.5 Å². The van der Waals surface area contributed by atoms with E-state index < -0.39 is 0 Å². The molecule has 0 fully saturated rings. The van der Waals surface area contributed by atoms with E-state index in [-0.39, 0.29) is 5.78 Å². The zero-order valence-electron chi connectivity index (χ0n) is 12.8. The quantitative estimate of drug-likeness (QED) is 0.452. The molecule has 0 saturated heterocycles. The van der Waals surface area contributed by atoms with E-state index in [1.807, 2.05) is 30.5 Å². The summed E-state index contributed by atoms with van der Waals surface area (Å²) in [4.78, 5) is 13.5. The van der Waals surface area contributed by atoms with Gasteiger partial charge < -0.3 is 9.47 Å². The number of thioether (sulfide) groups is 1. The first-order valence-corrected chi connectivity index (χ1v) is 7.99. The normalized spacial score (nSPS) is 10.7. The molecule has 0 spiro atoms. The van der Waals surface area contributed by atoms with Crippen molar-refractivity contribution in [2.45, 2.75) is 4.90 Å². The Labute approximate surface area is 135 Å². The van der Waals surface area contributed by atoms with Gasteiger partial charge in [-0.25, -0.2) is 0 Å². The predicted octanol–water partition coefficient (Wildman–Crippen LogP) is 4.32. The number of methoxy groups -OCH3 is 2. The molecule has 2 aromatic rings. The predicted molar refractivity (Wildman–Crippen MR) is 91.1 cm³/mol. The van der Waals surface area contributed by atoms with Crippen LogP contribution in [0.25, 0.3) is 6.08 Å². The van der Waals surface area contributed by atoms with Crippen molar-refractivity contribution in [3.63, 3.8) is 0 Å². The van der Waals surface area contributed by atoms with Gasteiger partial charge in [-0.1, -0.05) is 18.2 Å². The Morgan fingerprint density at radius 3 is 2.36 bits per heavy atom.